The van der Waals surface area contributed by atoms with Crippen LogP contribution in [0.15, 0.2) is 24.3 Å². The van der Waals surface area contributed by atoms with Gasteiger partial charge < -0.3 is 20.7 Å². The Morgan fingerprint density at radius 2 is 1.88 bits per heavy atom. The number of piperidine rings is 1. The van der Waals surface area contributed by atoms with Gasteiger partial charge in [-0.1, -0.05) is 12.1 Å². The SMILES string of the molecule is CC(=O)c1cccc(NC(=O)C(C)OC(=O)C2CCN(C(N)=O)CC2)c1. The topological polar surface area (TPSA) is 119 Å². The van der Waals surface area contributed by atoms with E-state index in [1.165, 1.54) is 18.7 Å². The predicted octanol–water partition coefficient (Wildman–Crippen LogP) is 1.55. The van der Waals surface area contributed by atoms with Gasteiger partial charge in [0.2, 0.25) is 0 Å². The Morgan fingerprint density at radius 3 is 2.46 bits per heavy atom. The van der Waals surface area contributed by atoms with Crippen molar-refractivity contribution >= 4 is 29.4 Å². The smallest absolute Gasteiger partial charge is 0.314 e. The molecule has 26 heavy (non-hydrogen) atoms. The number of anilines is 1. The summed E-state index contributed by atoms with van der Waals surface area (Å²) >= 11 is 0. The molecule has 0 radical (unpaired) electrons. The van der Waals surface area contributed by atoms with Crippen LogP contribution in [0.4, 0.5) is 10.5 Å². The molecule has 1 aliphatic rings. The standard InChI is InChI=1S/C18H23N3O5/c1-11(22)14-4-3-5-15(10-14)20-16(23)12(2)26-17(24)13-6-8-21(9-7-13)18(19)25/h3-5,10,12-13H,6-9H2,1-2H3,(H2,19,25)(H,20,23). The molecule has 8 heteroatoms. The van der Waals surface area contributed by atoms with Crippen LogP contribution in [0, 0.1) is 5.92 Å². The second-order valence-corrected chi connectivity index (χ2v) is 6.30. The van der Waals surface area contributed by atoms with E-state index < -0.39 is 24.0 Å². The van der Waals surface area contributed by atoms with Gasteiger partial charge in [-0.15, -0.1) is 0 Å². The van der Waals surface area contributed by atoms with Crippen LogP contribution in [0.25, 0.3) is 0 Å². The minimum atomic E-state index is -0.974. The number of likely N-dealkylation sites (tertiary alicyclic amines) is 1. The Kier molecular flexibility index (Phi) is 6.32. The monoisotopic (exact) mass is 361 g/mol. The van der Waals surface area contributed by atoms with Crippen LogP contribution in [-0.2, 0) is 14.3 Å². The zero-order chi connectivity index (χ0) is 19.3. The molecule has 1 aliphatic heterocycles. The van der Waals surface area contributed by atoms with Crippen molar-refractivity contribution in [1.82, 2.24) is 4.90 Å². The number of nitrogens with zero attached hydrogens (tertiary/aromatic N) is 1. The zero-order valence-electron chi connectivity index (χ0n) is 14.9. The molecule has 8 nitrogen and oxygen atoms in total. The number of ketones is 1. The normalized spacial score (nSPS) is 15.8. The molecule has 1 saturated heterocycles. The van der Waals surface area contributed by atoms with E-state index in [1.807, 2.05) is 0 Å². The summed E-state index contributed by atoms with van der Waals surface area (Å²) in [6, 6.07) is 6.03. The fraction of sp³-hybridized carbons (Fsp3) is 0.444. The van der Waals surface area contributed by atoms with Crippen molar-refractivity contribution in [2.24, 2.45) is 11.7 Å². The molecule has 0 bridgehead atoms. The molecule has 1 fully saturated rings. The first-order valence-electron chi connectivity index (χ1n) is 8.44. The number of hydrogen-bond donors (Lipinski definition) is 2. The molecule has 0 aliphatic carbocycles. The van der Waals surface area contributed by atoms with Gasteiger partial charge in [-0.2, -0.15) is 0 Å². The van der Waals surface area contributed by atoms with Crippen molar-refractivity contribution in [1.29, 1.82) is 0 Å². The zero-order valence-corrected chi connectivity index (χ0v) is 14.9. The van der Waals surface area contributed by atoms with Gasteiger partial charge in [0.15, 0.2) is 11.9 Å². The molecular weight excluding hydrogens is 338 g/mol. The maximum Gasteiger partial charge on any atom is 0.314 e. The first-order chi connectivity index (χ1) is 12.3. The maximum atomic E-state index is 12.2. The van der Waals surface area contributed by atoms with Gasteiger partial charge >= 0.3 is 12.0 Å². The van der Waals surface area contributed by atoms with Gasteiger partial charge in [-0.05, 0) is 38.8 Å². The van der Waals surface area contributed by atoms with Crippen LogP contribution in [-0.4, -0.2) is 47.8 Å². The minimum absolute atomic E-state index is 0.108. The van der Waals surface area contributed by atoms with Crippen LogP contribution in [0.3, 0.4) is 0 Å². The third-order valence-electron chi connectivity index (χ3n) is 4.34. The van der Waals surface area contributed by atoms with E-state index in [4.69, 9.17) is 10.5 Å². The van der Waals surface area contributed by atoms with Crippen molar-refractivity contribution in [3.8, 4) is 0 Å². The Bertz CT molecular complexity index is 711. The van der Waals surface area contributed by atoms with Crippen molar-refractivity contribution in [3.05, 3.63) is 29.8 Å². The highest BCUT2D eigenvalue weighted by molar-refractivity contribution is 5.98. The molecule has 0 saturated carbocycles. The van der Waals surface area contributed by atoms with Crippen LogP contribution >= 0.6 is 0 Å². The largest absolute Gasteiger partial charge is 0.452 e. The number of esters is 1. The van der Waals surface area contributed by atoms with Gasteiger partial charge in [0, 0.05) is 24.3 Å². The van der Waals surface area contributed by atoms with Crippen LogP contribution < -0.4 is 11.1 Å². The predicted molar refractivity (Wildman–Crippen MR) is 94.5 cm³/mol. The number of urea groups is 1. The first-order valence-corrected chi connectivity index (χ1v) is 8.44. The molecule has 3 N–H and O–H groups in total. The second kappa shape index (κ2) is 8.46. The van der Waals surface area contributed by atoms with E-state index in [0.717, 1.165) is 0 Å². The Labute approximate surface area is 151 Å². The van der Waals surface area contributed by atoms with Gasteiger partial charge in [0.1, 0.15) is 0 Å². The average molecular weight is 361 g/mol. The lowest BCUT2D eigenvalue weighted by molar-refractivity contribution is -0.158. The summed E-state index contributed by atoms with van der Waals surface area (Å²) < 4.78 is 5.24. The van der Waals surface area contributed by atoms with Gasteiger partial charge in [0.25, 0.3) is 5.91 Å². The molecule has 1 atom stereocenters. The lowest BCUT2D eigenvalue weighted by Gasteiger charge is -2.30. The van der Waals surface area contributed by atoms with Gasteiger partial charge in [0.05, 0.1) is 5.92 Å². The molecule has 0 spiro atoms. The maximum absolute atomic E-state index is 12.2. The lowest BCUT2D eigenvalue weighted by Crippen LogP contribution is -2.44. The quantitative estimate of drug-likeness (QED) is 0.609. The highest BCUT2D eigenvalue weighted by atomic mass is 16.5. The number of nitrogens with one attached hydrogen (secondary N) is 1. The minimum Gasteiger partial charge on any atom is -0.452 e. The second-order valence-electron chi connectivity index (χ2n) is 6.30. The highest BCUT2D eigenvalue weighted by Gasteiger charge is 2.29. The first kappa shape index (κ1) is 19.4. The number of ether oxygens (including phenoxy) is 1. The number of nitrogens with two attached hydrogens (primary N) is 1. The Balaban J connectivity index is 1.87. The number of carbonyl (C=O) groups is 4. The fourth-order valence-corrected chi connectivity index (χ4v) is 2.72. The van der Waals surface area contributed by atoms with E-state index in [1.54, 1.807) is 24.3 Å². The van der Waals surface area contributed by atoms with Crippen molar-refractivity contribution in [2.45, 2.75) is 32.8 Å². The summed E-state index contributed by atoms with van der Waals surface area (Å²) in [5, 5.41) is 2.63. The number of rotatable bonds is 5. The lowest BCUT2D eigenvalue weighted by atomic mass is 9.97. The summed E-state index contributed by atoms with van der Waals surface area (Å²) in [6.45, 7) is 3.72. The molecule has 140 valence electrons. The highest BCUT2D eigenvalue weighted by Crippen LogP contribution is 2.19. The number of Topliss-reactive ketones (excluding diaryl/α,β-unsaturated/α-hetero) is 1. The van der Waals surface area contributed by atoms with E-state index in [0.29, 0.717) is 37.2 Å². The van der Waals surface area contributed by atoms with Gasteiger partial charge in [-0.3, -0.25) is 14.4 Å². The van der Waals surface area contributed by atoms with Gasteiger partial charge in [-0.25, -0.2) is 4.79 Å². The van der Waals surface area contributed by atoms with E-state index in [2.05, 4.69) is 5.32 Å². The number of benzene rings is 1. The molecule has 2 rings (SSSR count). The van der Waals surface area contributed by atoms with E-state index in [-0.39, 0.29) is 11.7 Å². The summed E-state index contributed by atoms with van der Waals surface area (Å²) in [6.07, 6.45) is -0.0641. The molecule has 3 amide bonds. The number of hydrogen-bond acceptors (Lipinski definition) is 5. The van der Waals surface area contributed by atoms with E-state index in [9.17, 15) is 19.2 Å². The number of amides is 3. The molecule has 1 aromatic carbocycles. The Hall–Kier alpha value is -2.90. The number of carbonyl (C=O) groups excluding carboxylic acids is 4. The van der Waals surface area contributed by atoms with E-state index >= 15 is 0 Å². The average Bonchev–Trinajstić information content (AvgIpc) is 2.61. The molecule has 1 heterocycles. The van der Waals surface area contributed by atoms with Crippen molar-refractivity contribution in [3.63, 3.8) is 0 Å². The summed E-state index contributed by atoms with van der Waals surface area (Å²) in [4.78, 5) is 48.4. The van der Waals surface area contributed by atoms with Crippen LogP contribution in [0.1, 0.15) is 37.0 Å². The Morgan fingerprint density at radius 1 is 1.23 bits per heavy atom. The van der Waals surface area contributed by atoms with Crippen LogP contribution in [0.2, 0.25) is 0 Å². The summed E-state index contributed by atoms with van der Waals surface area (Å²) in [5.41, 5.74) is 6.15. The fourth-order valence-electron chi connectivity index (χ4n) is 2.72. The van der Waals surface area contributed by atoms with Crippen molar-refractivity contribution in [2.75, 3.05) is 18.4 Å². The molecule has 1 unspecified atom stereocenters. The summed E-state index contributed by atoms with van der Waals surface area (Å²) in [7, 11) is 0. The third-order valence-corrected chi connectivity index (χ3v) is 4.34. The molecular formula is C18H23N3O5. The number of primary amides is 1. The summed E-state index contributed by atoms with van der Waals surface area (Å²) in [5.74, 6) is -1.41. The molecule has 0 aromatic heterocycles. The third kappa shape index (κ3) is 5.05. The van der Waals surface area contributed by atoms with Crippen LogP contribution in [0.5, 0.6) is 0 Å². The van der Waals surface area contributed by atoms with Crippen molar-refractivity contribution < 1.29 is 23.9 Å². The molecule has 1 aromatic rings.